The fraction of sp³-hybridized carbons (Fsp3) is 0.361. The van der Waals surface area contributed by atoms with Crippen molar-refractivity contribution in [1.82, 2.24) is 4.90 Å². The van der Waals surface area contributed by atoms with Crippen molar-refractivity contribution in [2.75, 3.05) is 39.2 Å². The number of nitrogens with one attached hydrogen (secondary N) is 1. The molecule has 1 heterocycles. The van der Waals surface area contributed by atoms with Gasteiger partial charge < -0.3 is 44.1 Å². The van der Waals surface area contributed by atoms with Crippen molar-refractivity contribution in [3.63, 3.8) is 0 Å². The number of hydrogen-bond acceptors (Lipinski definition) is 11. The Hall–Kier alpha value is -5.15. The van der Waals surface area contributed by atoms with Crippen LogP contribution >= 0.6 is 11.6 Å². The van der Waals surface area contributed by atoms with E-state index in [1.165, 1.54) is 32.1 Å². The third kappa shape index (κ3) is 9.39. The highest BCUT2D eigenvalue weighted by atomic mass is 35.5. The topological polar surface area (TPSA) is 148 Å². The van der Waals surface area contributed by atoms with Gasteiger partial charge >= 0.3 is 12.1 Å². The molecule has 3 aromatic rings. The van der Waals surface area contributed by atoms with E-state index in [9.17, 15) is 19.8 Å². The van der Waals surface area contributed by atoms with E-state index in [4.69, 9.17) is 35.3 Å². The fourth-order valence-corrected chi connectivity index (χ4v) is 5.12. The van der Waals surface area contributed by atoms with Crippen LogP contribution < -0.4 is 19.5 Å². The molecule has 0 spiro atoms. The Bertz CT molecular complexity index is 1880. The molecule has 0 bridgehead atoms. The first-order valence-corrected chi connectivity index (χ1v) is 16.3. The lowest BCUT2D eigenvalue weighted by Crippen LogP contribution is -2.57. The molecule has 0 saturated carbocycles. The minimum atomic E-state index is -1.33. The second-order valence-electron chi connectivity index (χ2n) is 12.4. The number of benzene rings is 3. The summed E-state index contributed by atoms with van der Waals surface area (Å²) in [7, 11) is 2.98. The Morgan fingerprint density at radius 2 is 1.77 bits per heavy atom. The Morgan fingerprint density at radius 3 is 2.38 bits per heavy atom. The highest BCUT2D eigenvalue weighted by Crippen LogP contribution is 2.37. The van der Waals surface area contributed by atoms with Crippen LogP contribution in [0.3, 0.4) is 0 Å². The summed E-state index contributed by atoms with van der Waals surface area (Å²) in [6, 6.07) is 7.94. The molecular weight excluding hydrogens is 711 g/mol. The summed E-state index contributed by atoms with van der Waals surface area (Å²) in [5.74, 6) is -5.09. The maximum Gasteiger partial charge on any atom is 0.410 e. The molecule has 1 aliphatic rings. The number of aliphatic hydroxyl groups excluding tert-OH is 2. The number of likely N-dealkylation sites (tertiary alicyclic amines) is 1. The van der Waals surface area contributed by atoms with Crippen molar-refractivity contribution in [2.45, 2.75) is 52.6 Å². The standard InChI is InChI=1S/C36H39ClF3N3O9/c1-7-50-34(46)24(15-42-27-13-28(25(38)10-20(27)18-44)41-14-19-8-9-21(48-5)11-29(19)49-6)32(45)23-12-26(39)33(30(37)31(23)40)51-22-16-43(17-22)35(47)52-36(2,3)4/h8-13,15,22,41,44-45H,7,14,16-18H2,1-6H3. The number of methoxy groups -OCH3 is 2. The quantitative estimate of drug-likeness (QED) is 0.0543. The number of hydrogen-bond donors (Lipinski definition) is 3. The van der Waals surface area contributed by atoms with Crippen LogP contribution in [0, 0.1) is 17.5 Å². The Morgan fingerprint density at radius 1 is 1.06 bits per heavy atom. The van der Waals surface area contributed by atoms with E-state index < -0.39 is 75.5 Å². The molecule has 0 aromatic heterocycles. The molecule has 3 aromatic carbocycles. The number of rotatable bonds is 13. The van der Waals surface area contributed by atoms with Crippen LogP contribution in [0.5, 0.6) is 17.2 Å². The molecule has 52 heavy (non-hydrogen) atoms. The number of esters is 1. The van der Waals surface area contributed by atoms with Gasteiger partial charge in [-0.3, -0.25) is 4.99 Å². The van der Waals surface area contributed by atoms with Crippen LogP contribution in [0.25, 0.3) is 5.76 Å². The molecule has 16 heteroatoms. The molecule has 1 saturated heterocycles. The van der Waals surface area contributed by atoms with Crippen molar-refractivity contribution in [3.8, 4) is 17.2 Å². The number of amides is 1. The molecule has 3 N–H and O–H groups in total. The molecule has 0 atom stereocenters. The first kappa shape index (κ1) is 39.6. The number of ether oxygens (including phenoxy) is 5. The summed E-state index contributed by atoms with van der Waals surface area (Å²) in [6.45, 7) is 5.93. The van der Waals surface area contributed by atoms with Crippen LogP contribution in [0.4, 0.5) is 29.3 Å². The van der Waals surface area contributed by atoms with Crippen LogP contribution in [0.1, 0.15) is 44.4 Å². The number of carbonyl (C=O) groups is 2. The van der Waals surface area contributed by atoms with Gasteiger partial charge in [-0.15, -0.1) is 0 Å². The van der Waals surface area contributed by atoms with Crippen LogP contribution in [0.2, 0.25) is 5.02 Å². The number of anilines is 1. The normalized spacial score (nSPS) is 13.7. The smallest absolute Gasteiger partial charge is 0.410 e. The molecule has 280 valence electrons. The highest BCUT2D eigenvalue weighted by Gasteiger charge is 2.37. The molecule has 0 radical (unpaired) electrons. The first-order valence-electron chi connectivity index (χ1n) is 16.0. The third-order valence-corrected chi connectivity index (χ3v) is 7.88. The molecule has 4 rings (SSSR count). The minimum absolute atomic E-state index is 0.00651. The second-order valence-corrected chi connectivity index (χ2v) is 12.8. The van der Waals surface area contributed by atoms with E-state index in [0.717, 1.165) is 12.3 Å². The number of carbonyl (C=O) groups excluding carboxylic acids is 2. The molecule has 1 aliphatic heterocycles. The number of aliphatic imine (C=N–C) groups is 1. The maximum absolute atomic E-state index is 15.6. The summed E-state index contributed by atoms with van der Waals surface area (Å²) < 4.78 is 72.4. The average Bonchev–Trinajstić information content (AvgIpc) is 3.07. The lowest BCUT2D eigenvalue weighted by molar-refractivity contribution is -0.137. The van der Waals surface area contributed by atoms with E-state index in [2.05, 4.69) is 10.3 Å². The summed E-state index contributed by atoms with van der Waals surface area (Å²) in [5.41, 5.74) is -1.65. The van der Waals surface area contributed by atoms with Gasteiger partial charge in [0.1, 0.15) is 45.4 Å². The Balaban J connectivity index is 1.62. The van der Waals surface area contributed by atoms with Crippen molar-refractivity contribution in [2.24, 2.45) is 4.99 Å². The van der Waals surface area contributed by atoms with Gasteiger partial charge in [0, 0.05) is 30.0 Å². The maximum atomic E-state index is 15.6. The van der Waals surface area contributed by atoms with E-state index >= 15 is 13.2 Å². The third-order valence-electron chi connectivity index (χ3n) is 7.54. The van der Waals surface area contributed by atoms with Gasteiger partial charge in [0.2, 0.25) is 0 Å². The van der Waals surface area contributed by atoms with Crippen molar-refractivity contribution in [1.29, 1.82) is 0 Å². The van der Waals surface area contributed by atoms with Crippen LogP contribution in [-0.4, -0.2) is 79.0 Å². The van der Waals surface area contributed by atoms with Gasteiger partial charge in [0.05, 0.1) is 57.5 Å². The first-order chi connectivity index (χ1) is 24.6. The zero-order valence-electron chi connectivity index (χ0n) is 29.3. The lowest BCUT2D eigenvalue weighted by Gasteiger charge is -2.39. The largest absolute Gasteiger partial charge is 0.506 e. The van der Waals surface area contributed by atoms with Gasteiger partial charge in [-0.25, -0.2) is 22.8 Å². The molecule has 0 aliphatic carbocycles. The average molecular weight is 750 g/mol. The summed E-state index contributed by atoms with van der Waals surface area (Å²) >= 11 is 6.14. The Kier molecular flexibility index (Phi) is 12.9. The molecule has 12 nitrogen and oxygen atoms in total. The SMILES string of the molecule is CCOC(=O)C(C=Nc1cc(NCc2ccc(OC)cc2OC)c(F)cc1CO)=C(O)c1cc(F)c(OC2CN(C(=O)OC(C)(C)C)C2)c(Cl)c1F. The van der Waals surface area contributed by atoms with E-state index in [1.807, 2.05) is 0 Å². The second kappa shape index (κ2) is 16.9. The van der Waals surface area contributed by atoms with Crippen LogP contribution in [-0.2, 0) is 27.4 Å². The summed E-state index contributed by atoms with van der Waals surface area (Å²) in [5, 5.41) is 23.1. The predicted molar refractivity (Wildman–Crippen MR) is 187 cm³/mol. The summed E-state index contributed by atoms with van der Waals surface area (Å²) in [4.78, 5) is 30.6. The van der Waals surface area contributed by atoms with Gasteiger partial charge in [-0.05, 0) is 58.0 Å². The van der Waals surface area contributed by atoms with Gasteiger partial charge in [0.15, 0.2) is 17.4 Å². The number of nitrogens with zero attached hydrogens (tertiary/aromatic N) is 2. The lowest BCUT2D eigenvalue weighted by atomic mass is 10.1. The fourth-order valence-electron chi connectivity index (χ4n) is 4.89. The van der Waals surface area contributed by atoms with Crippen molar-refractivity contribution in [3.05, 3.63) is 81.1 Å². The zero-order valence-corrected chi connectivity index (χ0v) is 30.1. The molecule has 0 unspecified atom stereocenters. The predicted octanol–water partition coefficient (Wildman–Crippen LogP) is 7.11. The van der Waals surface area contributed by atoms with Gasteiger partial charge in [0.25, 0.3) is 0 Å². The minimum Gasteiger partial charge on any atom is -0.506 e. The summed E-state index contributed by atoms with van der Waals surface area (Å²) in [6.07, 6.45) is -0.520. The van der Waals surface area contributed by atoms with E-state index in [1.54, 1.807) is 39.0 Å². The van der Waals surface area contributed by atoms with E-state index in [0.29, 0.717) is 23.1 Å². The van der Waals surface area contributed by atoms with Crippen LogP contribution in [0.15, 0.2) is 47.0 Å². The monoisotopic (exact) mass is 749 g/mol. The van der Waals surface area contributed by atoms with Gasteiger partial charge in [-0.2, -0.15) is 0 Å². The van der Waals surface area contributed by atoms with Gasteiger partial charge in [-0.1, -0.05) is 11.6 Å². The number of halogens is 4. The highest BCUT2D eigenvalue weighted by molar-refractivity contribution is 6.32. The van der Waals surface area contributed by atoms with Crippen molar-refractivity contribution >= 4 is 47.0 Å². The molecule has 1 fully saturated rings. The Labute approximate surface area is 303 Å². The number of aliphatic hydroxyl groups is 2. The zero-order chi connectivity index (χ0) is 38.3. The van der Waals surface area contributed by atoms with Crippen molar-refractivity contribution < 1.29 is 56.7 Å². The van der Waals surface area contributed by atoms with E-state index in [-0.39, 0.29) is 43.2 Å². The molecular formula is C36H39ClF3N3O9. The molecule has 1 amide bonds.